The Hall–Kier alpha value is -4.11. The summed E-state index contributed by atoms with van der Waals surface area (Å²) < 4.78 is 4.85. The number of fused-ring (bicyclic) bond motifs is 1. The van der Waals surface area contributed by atoms with Crippen LogP contribution in [-0.2, 0) is 14.1 Å². The first kappa shape index (κ1) is 20.8. The van der Waals surface area contributed by atoms with E-state index < -0.39 is 6.09 Å². The molecule has 5 rings (SSSR count). The SMILES string of the molecule is Cc1ncc(-c2ccc(Nc3cc4c(cn3)cc(-c3cnn(C)c3)n4C(=O)O)c(Cl)c2)n1C. The maximum Gasteiger partial charge on any atom is 0.416 e. The predicted molar refractivity (Wildman–Crippen MR) is 127 cm³/mol. The number of imidazole rings is 1. The molecule has 0 radical (unpaired) electrons. The Kier molecular flexibility index (Phi) is 4.90. The van der Waals surface area contributed by atoms with Crippen LogP contribution in [0.3, 0.4) is 0 Å². The molecule has 5 aromatic rings. The first-order chi connectivity index (χ1) is 15.8. The average molecular weight is 462 g/mol. The summed E-state index contributed by atoms with van der Waals surface area (Å²) in [6.07, 6.45) is 5.76. The van der Waals surface area contributed by atoms with Crippen LogP contribution in [0.4, 0.5) is 16.3 Å². The highest BCUT2D eigenvalue weighted by Gasteiger charge is 2.18. The van der Waals surface area contributed by atoms with Crippen molar-refractivity contribution in [1.29, 1.82) is 0 Å². The van der Waals surface area contributed by atoms with E-state index in [0.717, 1.165) is 17.1 Å². The molecule has 10 heteroatoms. The molecular formula is C23H20ClN7O2. The number of rotatable bonds is 4. The van der Waals surface area contributed by atoms with Gasteiger partial charge in [0, 0.05) is 49.1 Å². The number of aryl methyl sites for hydroxylation is 2. The second kappa shape index (κ2) is 7.79. The number of carboxylic acid groups (broad SMARTS) is 1. The lowest BCUT2D eigenvalue weighted by molar-refractivity contribution is 0.198. The molecule has 0 saturated carbocycles. The van der Waals surface area contributed by atoms with Gasteiger partial charge in [0.15, 0.2) is 0 Å². The summed E-state index contributed by atoms with van der Waals surface area (Å²) in [6.45, 7) is 1.94. The van der Waals surface area contributed by atoms with Crippen LogP contribution in [0.25, 0.3) is 33.4 Å². The van der Waals surface area contributed by atoms with Crippen LogP contribution in [-0.4, -0.2) is 40.1 Å². The molecule has 166 valence electrons. The topological polar surface area (TPSA) is 103 Å². The minimum absolute atomic E-state index is 0.479. The van der Waals surface area contributed by atoms with E-state index in [1.54, 1.807) is 42.5 Å². The molecule has 0 aliphatic heterocycles. The van der Waals surface area contributed by atoms with Crippen molar-refractivity contribution in [3.8, 4) is 22.5 Å². The van der Waals surface area contributed by atoms with Gasteiger partial charge in [0.1, 0.15) is 11.6 Å². The molecule has 0 aliphatic rings. The van der Waals surface area contributed by atoms with Crippen LogP contribution in [0.15, 0.2) is 55.1 Å². The van der Waals surface area contributed by atoms with E-state index in [2.05, 4.69) is 20.4 Å². The summed E-state index contributed by atoms with van der Waals surface area (Å²) in [5.41, 5.74) is 4.30. The van der Waals surface area contributed by atoms with Crippen molar-refractivity contribution < 1.29 is 9.90 Å². The summed E-state index contributed by atoms with van der Waals surface area (Å²) in [6, 6.07) is 9.15. The van der Waals surface area contributed by atoms with Gasteiger partial charge in [-0.2, -0.15) is 5.10 Å². The fraction of sp³-hybridized carbons (Fsp3) is 0.130. The maximum absolute atomic E-state index is 12.1. The van der Waals surface area contributed by atoms with Gasteiger partial charge < -0.3 is 15.0 Å². The molecule has 0 unspecified atom stereocenters. The Labute approximate surface area is 193 Å². The number of benzene rings is 1. The number of pyridine rings is 1. The number of nitrogens with zero attached hydrogens (tertiary/aromatic N) is 6. The van der Waals surface area contributed by atoms with Gasteiger partial charge in [0.2, 0.25) is 0 Å². The monoisotopic (exact) mass is 461 g/mol. The van der Waals surface area contributed by atoms with Gasteiger partial charge in [-0.25, -0.2) is 19.3 Å². The molecular weight excluding hydrogens is 442 g/mol. The van der Waals surface area contributed by atoms with E-state index in [9.17, 15) is 9.90 Å². The lowest BCUT2D eigenvalue weighted by atomic mass is 10.1. The third-order valence-corrected chi connectivity index (χ3v) is 5.94. The third-order valence-electron chi connectivity index (χ3n) is 5.63. The van der Waals surface area contributed by atoms with E-state index in [4.69, 9.17) is 11.6 Å². The van der Waals surface area contributed by atoms with Crippen molar-refractivity contribution in [2.75, 3.05) is 5.32 Å². The Bertz CT molecular complexity index is 1530. The first-order valence-electron chi connectivity index (χ1n) is 10.1. The largest absolute Gasteiger partial charge is 0.464 e. The number of aromatic nitrogens is 6. The van der Waals surface area contributed by atoms with E-state index in [0.29, 0.717) is 38.7 Å². The molecule has 0 spiro atoms. The van der Waals surface area contributed by atoms with Gasteiger partial charge in [-0.1, -0.05) is 17.7 Å². The van der Waals surface area contributed by atoms with Gasteiger partial charge in [0.25, 0.3) is 0 Å². The Morgan fingerprint density at radius 3 is 2.48 bits per heavy atom. The summed E-state index contributed by atoms with van der Waals surface area (Å²) in [4.78, 5) is 20.8. The van der Waals surface area contributed by atoms with Crippen molar-refractivity contribution in [1.82, 2.24) is 28.9 Å². The number of nitrogens with one attached hydrogen (secondary N) is 1. The summed E-state index contributed by atoms with van der Waals surface area (Å²) in [5.74, 6) is 1.39. The Morgan fingerprint density at radius 2 is 1.85 bits per heavy atom. The highest BCUT2D eigenvalue weighted by atomic mass is 35.5. The predicted octanol–water partition coefficient (Wildman–Crippen LogP) is 5.07. The lowest BCUT2D eigenvalue weighted by Gasteiger charge is -2.11. The van der Waals surface area contributed by atoms with Gasteiger partial charge in [0.05, 0.1) is 40.0 Å². The standard InChI is InChI=1S/C23H20ClN7O2/c1-13-25-11-21(30(13)3)14-4-5-18(17(24)6-14)28-22-8-20-15(9-26-22)7-19(31(20)23(32)33)16-10-27-29(2)12-16/h4-12H,1-3H3,(H,26,28)(H,32,33). The van der Waals surface area contributed by atoms with Crippen molar-refractivity contribution in [2.24, 2.45) is 14.1 Å². The molecule has 0 saturated heterocycles. The minimum Gasteiger partial charge on any atom is -0.464 e. The van der Waals surface area contributed by atoms with Gasteiger partial charge in [-0.3, -0.25) is 4.68 Å². The number of anilines is 2. The van der Waals surface area contributed by atoms with Crippen LogP contribution >= 0.6 is 11.6 Å². The van der Waals surface area contributed by atoms with E-state index in [1.807, 2.05) is 42.9 Å². The van der Waals surface area contributed by atoms with Gasteiger partial charge >= 0.3 is 6.09 Å². The van der Waals surface area contributed by atoms with Gasteiger partial charge in [-0.15, -0.1) is 0 Å². The number of hydrogen-bond acceptors (Lipinski definition) is 5. The van der Waals surface area contributed by atoms with Crippen LogP contribution < -0.4 is 5.32 Å². The zero-order valence-corrected chi connectivity index (χ0v) is 18.9. The molecule has 0 fully saturated rings. The molecule has 4 aromatic heterocycles. The molecule has 33 heavy (non-hydrogen) atoms. The van der Waals surface area contributed by atoms with Crippen LogP contribution in [0.5, 0.6) is 0 Å². The highest BCUT2D eigenvalue weighted by molar-refractivity contribution is 6.33. The molecule has 0 aliphatic carbocycles. The van der Waals surface area contributed by atoms with Crippen LogP contribution in [0.2, 0.25) is 5.02 Å². The van der Waals surface area contributed by atoms with Crippen molar-refractivity contribution in [3.05, 3.63) is 66.0 Å². The molecule has 1 aromatic carbocycles. The van der Waals surface area contributed by atoms with E-state index in [-0.39, 0.29) is 0 Å². The van der Waals surface area contributed by atoms with Crippen LogP contribution in [0.1, 0.15) is 5.82 Å². The summed E-state index contributed by atoms with van der Waals surface area (Å²) in [5, 5.41) is 18.4. The smallest absolute Gasteiger partial charge is 0.416 e. The zero-order chi connectivity index (χ0) is 23.3. The maximum atomic E-state index is 12.1. The molecule has 0 amide bonds. The first-order valence-corrected chi connectivity index (χ1v) is 10.5. The minimum atomic E-state index is -1.09. The molecule has 4 heterocycles. The Balaban J connectivity index is 1.51. The lowest BCUT2D eigenvalue weighted by Crippen LogP contribution is -2.09. The Morgan fingerprint density at radius 1 is 1.03 bits per heavy atom. The van der Waals surface area contributed by atoms with Crippen molar-refractivity contribution in [2.45, 2.75) is 6.92 Å². The fourth-order valence-corrected chi connectivity index (χ4v) is 4.05. The fourth-order valence-electron chi connectivity index (χ4n) is 3.83. The second-order valence-corrected chi connectivity index (χ2v) is 8.16. The normalized spacial score (nSPS) is 11.3. The average Bonchev–Trinajstić information content (AvgIpc) is 3.46. The van der Waals surface area contributed by atoms with Gasteiger partial charge in [-0.05, 0) is 25.1 Å². The van der Waals surface area contributed by atoms with Crippen LogP contribution in [0, 0.1) is 6.92 Å². The highest BCUT2D eigenvalue weighted by Crippen LogP contribution is 2.33. The van der Waals surface area contributed by atoms with E-state index in [1.165, 1.54) is 4.57 Å². The zero-order valence-electron chi connectivity index (χ0n) is 18.1. The second-order valence-electron chi connectivity index (χ2n) is 7.75. The molecule has 0 atom stereocenters. The quantitative estimate of drug-likeness (QED) is 0.387. The molecule has 9 nitrogen and oxygen atoms in total. The molecule has 0 bridgehead atoms. The van der Waals surface area contributed by atoms with E-state index >= 15 is 0 Å². The van der Waals surface area contributed by atoms with Crippen molar-refractivity contribution >= 4 is 40.1 Å². The summed E-state index contributed by atoms with van der Waals surface area (Å²) in [7, 11) is 3.74. The van der Waals surface area contributed by atoms with Crippen molar-refractivity contribution in [3.63, 3.8) is 0 Å². The number of carbonyl (C=O) groups is 1. The number of halogens is 1. The number of hydrogen-bond donors (Lipinski definition) is 2. The molecule has 2 N–H and O–H groups in total. The third kappa shape index (κ3) is 3.62. The summed E-state index contributed by atoms with van der Waals surface area (Å²) >= 11 is 6.55.